The molecule has 0 amide bonds. The molecule has 4 nitrogen and oxygen atoms in total. The molecule has 0 heterocycles. The average molecular weight is 310 g/mol. The quantitative estimate of drug-likeness (QED) is 0.839. The van der Waals surface area contributed by atoms with Crippen molar-refractivity contribution < 1.29 is 8.42 Å². The predicted molar refractivity (Wildman–Crippen MR) is 86.7 cm³/mol. The first kappa shape index (κ1) is 16.3. The van der Waals surface area contributed by atoms with Gasteiger partial charge in [0.2, 0.25) is 10.0 Å². The Morgan fingerprint density at radius 1 is 1.19 bits per heavy atom. The molecule has 2 rings (SSSR count). The molecule has 3 N–H and O–H groups in total. The summed E-state index contributed by atoms with van der Waals surface area (Å²) in [5, 5.41) is 0. The summed E-state index contributed by atoms with van der Waals surface area (Å²) >= 11 is 0. The van der Waals surface area contributed by atoms with Gasteiger partial charge in [0.1, 0.15) is 0 Å². The summed E-state index contributed by atoms with van der Waals surface area (Å²) < 4.78 is 28.1. The second-order valence-corrected chi connectivity index (χ2v) is 7.91. The van der Waals surface area contributed by atoms with Crippen LogP contribution in [0.25, 0.3) is 0 Å². The zero-order chi connectivity index (χ0) is 15.6. The van der Waals surface area contributed by atoms with Crippen LogP contribution in [0.5, 0.6) is 0 Å². The minimum absolute atomic E-state index is 0.0546. The maximum Gasteiger partial charge on any atom is 0.241 e. The van der Waals surface area contributed by atoms with Crippen molar-refractivity contribution >= 4 is 15.7 Å². The highest BCUT2D eigenvalue weighted by Gasteiger charge is 2.26. The lowest BCUT2D eigenvalue weighted by Crippen LogP contribution is -2.37. The lowest BCUT2D eigenvalue weighted by atomic mass is 9.85. The summed E-state index contributed by atoms with van der Waals surface area (Å²) in [5.41, 5.74) is 7.93. The maximum atomic E-state index is 12.6. The van der Waals surface area contributed by atoms with Gasteiger partial charge in [-0.3, -0.25) is 0 Å². The third-order valence-corrected chi connectivity index (χ3v) is 6.23. The van der Waals surface area contributed by atoms with Gasteiger partial charge in [0.15, 0.2) is 0 Å². The van der Waals surface area contributed by atoms with Crippen molar-refractivity contribution in [2.75, 3.05) is 5.73 Å². The molecule has 1 aromatic rings. The SMILES string of the molecule is CCC1CCC(NS(=O)(=O)c2cc(C)cc(N)c2C)CC1. The first-order valence-corrected chi connectivity index (χ1v) is 9.21. The Bertz CT molecular complexity index is 603. The van der Waals surface area contributed by atoms with Crippen LogP contribution < -0.4 is 10.5 Å². The molecule has 5 heteroatoms. The van der Waals surface area contributed by atoms with Gasteiger partial charge >= 0.3 is 0 Å². The van der Waals surface area contributed by atoms with Crippen molar-refractivity contribution in [2.24, 2.45) is 5.92 Å². The van der Waals surface area contributed by atoms with Crippen LogP contribution in [-0.2, 0) is 10.0 Å². The smallest absolute Gasteiger partial charge is 0.241 e. The lowest BCUT2D eigenvalue weighted by molar-refractivity contribution is 0.306. The zero-order valence-corrected chi connectivity index (χ0v) is 14.0. The van der Waals surface area contributed by atoms with E-state index in [0.717, 1.165) is 37.2 Å². The second kappa shape index (κ2) is 6.36. The molecule has 0 unspecified atom stereocenters. The van der Waals surface area contributed by atoms with Crippen molar-refractivity contribution in [3.8, 4) is 0 Å². The van der Waals surface area contributed by atoms with Gasteiger partial charge in [-0.2, -0.15) is 0 Å². The lowest BCUT2D eigenvalue weighted by Gasteiger charge is -2.28. The van der Waals surface area contributed by atoms with Crippen molar-refractivity contribution in [3.63, 3.8) is 0 Å². The number of hydrogen-bond acceptors (Lipinski definition) is 3. The third-order valence-electron chi connectivity index (χ3n) is 4.58. The van der Waals surface area contributed by atoms with Gasteiger partial charge in [-0.1, -0.05) is 13.3 Å². The normalized spacial score (nSPS) is 23.2. The van der Waals surface area contributed by atoms with E-state index in [9.17, 15) is 8.42 Å². The van der Waals surface area contributed by atoms with Crippen LogP contribution in [0.3, 0.4) is 0 Å². The first-order chi connectivity index (χ1) is 9.83. The highest BCUT2D eigenvalue weighted by atomic mass is 32.2. The number of nitrogens with two attached hydrogens (primary N) is 1. The predicted octanol–water partition coefficient (Wildman–Crippen LogP) is 3.13. The molecule has 0 saturated heterocycles. The van der Waals surface area contributed by atoms with Crippen LogP contribution in [0.15, 0.2) is 17.0 Å². The molecule has 0 aliphatic heterocycles. The summed E-state index contributed by atoms with van der Waals surface area (Å²) in [7, 11) is -3.49. The molecule has 118 valence electrons. The number of nitrogens with one attached hydrogen (secondary N) is 1. The second-order valence-electron chi connectivity index (χ2n) is 6.22. The van der Waals surface area contributed by atoms with Gasteiger partial charge in [0.25, 0.3) is 0 Å². The summed E-state index contributed by atoms with van der Waals surface area (Å²) in [5.74, 6) is 0.752. The number of anilines is 1. The van der Waals surface area contributed by atoms with Crippen molar-refractivity contribution in [2.45, 2.75) is 63.8 Å². The van der Waals surface area contributed by atoms with E-state index >= 15 is 0 Å². The fourth-order valence-corrected chi connectivity index (χ4v) is 4.77. The highest BCUT2D eigenvalue weighted by molar-refractivity contribution is 7.89. The molecule has 0 atom stereocenters. The van der Waals surface area contributed by atoms with Gasteiger partial charge in [-0.05, 0) is 68.7 Å². The van der Waals surface area contributed by atoms with Crippen molar-refractivity contribution in [1.82, 2.24) is 4.72 Å². The molecule has 21 heavy (non-hydrogen) atoms. The Balaban J connectivity index is 2.16. The largest absolute Gasteiger partial charge is 0.398 e. The topological polar surface area (TPSA) is 72.2 Å². The molecule has 1 aliphatic rings. The molecule has 1 aliphatic carbocycles. The Morgan fingerprint density at radius 3 is 2.38 bits per heavy atom. The zero-order valence-electron chi connectivity index (χ0n) is 13.1. The van der Waals surface area contributed by atoms with E-state index in [1.54, 1.807) is 19.1 Å². The van der Waals surface area contributed by atoms with E-state index < -0.39 is 10.0 Å². The fourth-order valence-electron chi connectivity index (χ4n) is 3.10. The van der Waals surface area contributed by atoms with Gasteiger partial charge in [0, 0.05) is 11.7 Å². The van der Waals surface area contributed by atoms with Crippen LogP contribution >= 0.6 is 0 Å². The molecular weight excluding hydrogens is 284 g/mol. The summed E-state index contributed by atoms with van der Waals surface area (Å²) in [6.07, 6.45) is 5.26. The minimum Gasteiger partial charge on any atom is -0.398 e. The van der Waals surface area contributed by atoms with E-state index in [-0.39, 0.29) is 6.04 Å². The van der Waals surface area contributed by atoms with Crippen LogP contribution in [0.2, 0.25) is 0 Å². The number of nitrogen functional groups attached to an aromatic ring is 1. The van der Waals surface area contributed by atoms with Crippen molar-refractivity contribution in [3.05, 3.63) is 23.3 Å². The van der Waals surface area contributed by atoms with Gasteiger partial charge in [0.05, 0.1) is 4.90 Å². The molecular formula is C16H26N2O2S. The van der Waals surface area contributed by atoms with E-state index in [1.165, 1.54) is 6.42 Å². The molecule has 1 aromatic carbocycles. The number of benzene rings is 1. The van der Waals surface area contributed by atoms with E-state index in [0.29, 0.717) is 16.1 Å². The minimum atomic E-state index is -3.49. The van der Waals surface area contributed by atoms with E-state index in [2.05, 4.69) is 11.6 Å². The first-order valence-electron chi connectivity index (χ1n) is 7.72. The molecule has 0 radical (unpaired) electrons. The number of rotatable bonds is 4. The Hall–Kier alpha value is -1.07. The highest BCUT2D eigenvalue weighted by Crippen LogP contribution is 2.28. The van der Waals surface area contributed by atoms with E-state index in [1.807, 2.05) is 6.92 Å². The third kappa shape index (κ3) is 3.77. The molecule has 0 bridgehead atoms. The van der Waals surface area contributed by atoms with Crippen molar-refractivity contribution in [1.29, 1.82) is 0 Å². The van der Waals surface area contributed by atoms with Crippen LogP contribution in [0, 0.1) is 19.8 Å². The summed E-state index contributed by atoms with van der Waals surface area (Å²) in [6, 6.07) is 3.56. The number of aryl methyl sites for hydroxylation is 1. The van der Waals surface area contributed by atoms with E-state index in [4.69, 9.17) is 5.73 Å². The number of sulfonamides is 1. The average Bonchev–Trinajstić information content (AvgIpc) is 2.43. The molecule has 1 fully saturated rings. The molecule has 0 spiro atoms. The maximum absolute atomic E-state index is 12.6. The Labute approximate surface area is 128 Å². The Morgan fingerprint density at radius 2 is 1.81 bits per heavy atom. The molecule has 1 saturated carbocycles. The van der Waals surface area contributed by atoms with Gasteiger partial charge in [-0.25, -0.2) is 13.1 Å². The standard InChI is InChI=1S/C16H26N2O2S/c1-4-13-5-7-14(8-6-13)18-21(19,20)16-10-11(2)9-15(17)12(16)3/h9-10,13-14,18H,4-8,17H2,1-3H3. The summed E-state index contributed by atoms with van der Waals surface area (Å²) in [6.45, 7) is 5.83. The Kier molecular flexibility index (Phi) is 4.94. The molecule has 0 aromatic heterocycles. The van der Waals surface area contributed by atoms with Gasteiger partial charge < -0.3 is 5.73 Å². The fraction of sp³-hybridized carbons (Fsp3) is 0.625. The monoisotopic (exact) mass is 310 g/mol. The van der Waals surface area contributed by atoms with Crippen LogP contribution in [0.1, 0.15) is 50.2 Å². The van der Waals surface area contributed by atoms with Gasteiger partial charge in [-0.15, -0.1) is 0 Å². The summed E-state index contributed by atoms with van der Waals surface area (Å²) in [4.78, 5) is 0.317. The van der Waals surface area contributed by atoms with Crippen LogP contribution in [0.4, 0.5) is 5.69 Å². The number of hydrogen-bond donors (Lipinski definition) is 2. The van der Waals surface area contributed by atoms with Crippen LogP contribution in [-0.4, -0.2) is 14.5 Å².